The van der Waals surface area contributed by atoms with E-state index in [0.29, 0.717) is 11.1 Å². The molecule has 1 fully saturated rings. The van der Waals surface area contributed by atoms with Gasteiger partial charge in [0.05, 0.1) is 0 Å². The fourth-order valence-corrected chi connectivity index (χ4v) is 1.45. The predicted octanol–water partition coefficient (Wildman–Crippen LogP) is 1.44. The van der Waals surface area contributed by atoms with Crippen LogP contribution in [-0.2, 0) is 9.53 Å². The Morgan fingerprint density at radius 3 is 2.73 bits per heavy atom. The quantitative estimate of drug-likeness (QED) is 0.761. The van der Waals surface area contributed by atoms with Gasteiger partial charge >= 0.3 is 6.09 Å². The molecular formula is C10H8FNO3. The van der Waals surface area contributed by atoms with Gasteiger partial charge in [-0.25, -0.2) is 9.18 Å². The SMILES string of the molecule is Cc1ccc(F)cc1C1OC(=O)NC1=O. The lowest BCUT2D eigenvalue weighted by Gasteiger charge is -2.09. The van der Waals surface area contributed by atoms with Gasteiger partial charge in [0.25, 0.3) is 5.91 Å². The highest BCUT2D eigenvalue weighted by molar-refractivity contribution is 6.00. The summed E-state index contributed by atoms with van der Waals surface area (Å²) in [5.41, 5.74) is 1.07. The number of alkyl carbamates (subject to hydrolysis) is 1. The molecule has 1 saturated heterocycles. The summed E-state index contributed by atoms with van der Waals surface area (Å²) in [7, 11) is 0. The number of nitrogens with one attached hydrogen (secondary N) is 1. The van der Waals surface area contributed by atoms with Crippen LogP contribution in [0.25, 0.3) is 0 Å². The van der Waals surface area contributed by atoms with Crippen LogP contribution >= 0.6 is 0 Å². The minimum atomic E-state index is -1.03. The minimum Gasteiger partial charge on any atom is -0.431 e. The molecule has 1 aliphatic heterocycles. The van der Waals surface area contributed by atoms with E-state index in [2.05, 4.69) is 0 Å². The second-order valence-electron chi connectivity index (χ2n) is 3.28. The van der Waals surface area contributed by atoms with Crippen molar-refractivity contribution >= 4 is 12.0 Å². The molecule has 15 heavy (non-hydrogen) atoms. The number of aryl methyl sites for hydroxylation is 1. The van der Waals surface area contributed by atoms with Gasteiger partial charge in [-0.3, -0.25) is 10.1 Å². The van der Waals surface area contributed by atoms with Crippen LogP contribution in [0.5, 0.6) is 0 Å². The van der Waals surface area contributed by atoms with E-state index in [1.807, 2.05) is 5.32 Å². The van der Waals surface area contributed by atoms with Crippen molar-refractivity contribution in [1.82, 2.24) is 5.32 Å². The number of rotatable bonds is 1. The van der Waals surface area contributed by atoms with Crippen molar-refractivity contribution in [2.75, 3.05) is 0 Å². The summed E-state index contributed by atoms with van der Waals surface area (Å²) in [5.74, 6) is -1.03. The van der Waals surface area contributed by atoms with Gasteiger partial charge in [0, 0.05) is 5.56 Å². The highest BCUT2D eigenvalue weighted by atomic mass is 19.1. The number of hydrogen-bond acceptors (Lipinski definition) is 3. The summed E-state index contributed by atoms with van der Waals surface area (Å²) < 4.78 is 17.7. The molecule has 0 aromatic heterocycles. The van der Waals surface area contributed by atoms with Gasteiger partial charge in [-0.1, -0.05) is 6.07 Å². The zero-order chi connectivity index (χ0) is 11.0. The van der Waals surface area contributed by atoms with Crippen LogP contribution in [0.3, 0.4) is 0 Å². The van der Waals surface area contributed by atoms with E-state index in [1.54, 1.807) is 6.92 Å². The number of cyclic esters (lactones) is 1. The number of carbonyl (C=O) groups excluding carboxylic acids is 2. The molecule has 2 rings (SSSR count). The Labute approximate surface area is 85.0 Å². The lowest BCUT2D eigenvalue weighted by molar-refractivity contribution is -0.123. The number of carbonyl (C=O) groups is 2. The highest BCUT2D eigenvalue weighted by Gasteiger charge is 2.34. The fourth-order valence-electron chi connectivity index (χ4n) is 1.45. The molecular weight excluding hydrogens is 201 g/mol. The van der Waals surface area contributed by atoms with Crippen molar-refractivity contribution in [3.63, 3.8) is 0 Å². The Bertz CT molecular complexity index is 444. The summed E-state index contributed by atoms with van der Waals surface area (Å²) in [5, 5.41) is 1.99. The average molecular weight is 209 g/mol. The van der Waals surface area contributed by atoms with Crippen molar-refractivity contribution in [3.05, 3.63) is 35.1 Å². The van der Waals surface area contributed by atoms with Gasteiger partial charge in [0.15, 0.2) is 0 Å². The molecule has 4 nitrogen and oxygen atoms in total. The van der Waals surface area contributed by atoms with E-state index in [1.165, 1.54) is 18.2 Å². The minimum absolute atomic E-state index is 0.373. The number of benzene rings is 1. The molecule has 1 atom stereocenters. The number of hydrogen-bond donors (Lipinski definition) is 1. The van der Waals surface area contributed by atoms with Gasteiger partial charge in [0.1, 0.15) is 5.82 Å². The molecule has 0 bridgehead atoms. The molecule has 2 amide bonds. The van der Waals surface area contributed by atoms with Crippen molar-refractivity contribution < 1.29 is 18.7 Å². The monoisotopic (exact) mass is 209 g/mol. The van der Waals surface area contributed by atoms with E-state index < -0.39 is 23.9 Å². The largest absolute Gasteiger partial charge is 0.431 e. The Morgan fingerprint density at radius 1 is 1.40 bits per heavy atom. The molecule has 0 aliphatic carbocycles. The first-order chi connectivity index (χ1) is 7.08. The first kappa shape index (κ1) is 9.64. The molecule has 1 N–H and O–H groups in total. The van der Waals surface area contributed by atoms with E-state index >= 15 is 0 Å². The fraction of sp³-hybridized carbons (Fsp3) is 0.200. The number of ether oxygens (including phenoxy) is 1. The van der Waals surface area contributed by atoms with E-state index in [0.717, 1.165) is 0 Å². The molecule has 0 saturated carbocycles. The third-order valence-corrected chi connectivity index (χ3v) is 2.21. The molecule has 1 unspecified atom stereocenters. The van der Waals surface area contributed by atoms with Crippen LogP contribution in [0.1, 0.15) is 17.2 Å². The van der Waals surface area contributed by atoms with Crippen LogP contribution in [0.4, 0.5) is 9.18 Å². The maximum absolute atomic E-state index is 13.0. The molecule has 0 radical (unpaired) electrons. The molecule has 5 heteroatoms. The first-order valence-corrected chi connectivity index (χ1v) is 4.35. The van der Waals surface area contributed by atoms with Crippen molar-refractivity contribution in [1.29, 1.82) is 0 Å². The lowest BCUT2D eigenvalue weighted by atomic mass is 10.0. The van der Waals surface area contributed by atoms with Crippen LogP contribution < -0.4 is 5.32 Å². The molecule has 1 aromatic rings. The van der Waals surface area contributed by atoms with Gasteiger partial charge in [0.2, 0.25) is 6.10 Å². The summed E-state index contributed by atoms with van der Waals surface area (Å²) in [6, 6.07) is 4.01. The van der Waals surface area contributed by atoms with Gasteiger partial charge in [-0.2, -0.15) is 0 Å². The molecule has 0 spiro atoms. The second kappa shape index (κ2) is 3.34. The standard InChI is InChI=1S/C10H8FNO3/c1-5-2-3-6(11)4-7(5)8-9(13)12-10(14)15-8/h2-4,8H,1H3,(H,12,13,14). The molecule has 1 aromatic carbocycles. The maximum Gasteiger partial charge on any atom is 0.415 e. The summed E-state index contributed by atoms with van der Waals surface area (Å²) in [4.78, 5) is 22.1. The van der Waals surface area contributed by atoms with E-state index in [4.69, 9.17) is 4.74 Å². The van der Waals surface area contributed by atoms with Gasteiger partial charge < -0.3 is 4.74 Å². The Hall–Kier alpha value is -1.91. The summed E-state index contributed by atoms with van der Waals surface area (Å²) >= 11 is 0. The Morgan fingerprint density at radius 2 is 2.13 bits per heavy atom. The maximum atomic E-state index is 13.0. The molecule has 1 aliphatic rings. The topological polar surface area (TPSA) is 55.4 Å². The normalized spacial score (nSPS) is 20.0. The highest BCUT2D eigenvalue weighted by Crippen LogP contribution is 2.25. The average Bonchev–Trinajstić information content (AvgIpc) is 2.50. The van der Waals surface area contributed by atoms with Crippen LogP contribution in [0.15, 0.2) is 18.2 Å². The molecule has 78 valence electrons. The second-order valence-corrected chi connectivity index (χ2v) is 3.28. The predicted molar refractivity (Wildman–Crippen MR) is 48.5 cm³/mol. The Kier molecular flexibility index (Phi) is 2.15. The van der Waals surface area contributed by atoms with Crippen molar-refractivity contribution in [2.45, 2.75) is 13.0 Å². The lowest BCUT2D eigenvalue weighted by Crippen LogP contribution is -2.20. The van der Waals surface area contributed by atoms with Crippen LogP contribution in [0.2, 0.25) is 0 Å². The number of halogens is 1. The third kappa shape index (κ3) is 1.68. The van der Waals surface area contributed by atoms with Gasteiger partial charge in [-0.15, -0.1) is 0 Å². The summed E-state index contributed by atoms with van der Waals surface area (Å²) in [6.45, 7) is 1.72. The van der Waals surface area contributed by atoms with E-state index in [9.17, 15) is 14.0 Å². The van der Waals surface area contributed by atoms with Crippen molar-refractivity contribution in [2.24, 2.45) is 0 Å². The zero-order valence-corrected chi connectivity index (χ0v) is 7.91. The third-order valence-electron chi connectivity index (χ3n) is 2.21. The van der Waals surface area contributed by atoms with E-state index in [-0.39, 0.29) is 0 Å². The molecule has 1 heterocycles. The Balaban J connectivity index is 2.41. The van der Waals surface area contributed by atoms with Crippen LogP contribution in [0, 0.1) is 12.7 Å². The first-order valence-electron chi connectivity index (χ1n) is 4.35. The van der Waals surface area contributed by atoms with Crippen molar-refractivity contribution in [3.8, 4) is 0 Å². The summed E-state index contributed by atoms with van der Waals surface area (Å²) in [6.07, 6.45) is -1.83. The number of amides is 2. The van der Waals surface area contributed by atoms with Gasteiger partial charge in [-0.05, 0) is 24.6 Å². The smallest absolute Gasteiger partial charge is 0.415 e. The van der Waals surface area contributed by atoms with Crippen LogP contribution in [-0.4, -0.2) is 12.0 Å². The zero-order valence-electron chi connectivity index (χ0n) is 7.91. The number of imide groups is 1.